The summed E-state index contributed by atoms with van der Waals surface area (Å²) >= 11 is 5.86. The number of terminal acetylenes is 1. The van der Waals surface area contributed by atoms with Crippen molar-refractivity contribution in [3.63, 3.8) is 0 Å². The fourth-order valence-corrected chi connectivity index (χ4v) is 1.57. The minimum absolute atomic E-state index is 0.295. The van der Waals surface area contributed by atoms with Gasteiger partial charge < -0.3 is 4.74 Å². The summed E-state index contributed by atoms with van der Waals surface area (Å²) in [5.74, 6) is 3.27. The summed E-state index contributed by atoms with van der Waals surface area (Å²) in [6, 6.07) is 3.72. The Labute approximate surface area is 83.7 Å². The molecule has 2 heteroatoms. The Morgan fingerprint density at radius 2 is 1.92 bits per heavy atom. The average Bonchev–Trinajstić information content (AvgIpc) is 2.02. The zero-order valence-corrected chi connectivity index (χ0v) is 8.48. The van der Waals surface area contributed by atoms with Crippen LogP contribution in [0.15, 0.2) is 12.1 Å². The van der Waals surface area contributed by atoms with Crippen molar-refractivity contribution in [2.24, 2.45) is 0 Å². The van der Waals surface area contributed by atoms with E-state index in [9.17, 15) is 0 Å². The molecule has 0 aliphatic carbocycles. The van der Waals surface area contributed by atoms with Crippen molar-refractivity contribution in [2.45, 2.75) is 13.8 Å². The smallest absolute Gasteiger partial charge is 0.148 e. The fraction of sp³-hybridized carbons (Fsp3) is 0.273. The Kier molecular flexibility index (Phi) is 3.22. The lowest BCUT2D eigenvalue weighted by Crippen LogP contribution is -1.97. The second kappa shape index (κ2) is 4.20. The van der Waals surface area contributed by atoms with Crippen LogP contribution in [-0.4, -0.2) is 6.61 Å². The summed E-state index contributed by atoms with van der Waals surface area (Å²) in [5, 5.41) is 0.725. The number of benzene rings is 1. The third kappa shape index (κ3) is 2.40. The lowest BCUT2D eigenvalue weighted by Gasteiger charge is -2.09. The summed E-state index contributed by atoms with van der Waals surface area (Å²) in [5.41, 5.74) is 2.03. The molecule has 0 spiro atoms. The molecule has 1 rings (SSSR count). The molecule has 0 aliphatic heterocycles. The van der Waals surface area contributed by atoms with Gasteiger partial charge in [-0.25, -0.2) is 0 Å². The van der Waals surface area contributed by atoms with E-state index in [1.165, 1.54) is 0 Å². The first-order valence-corrected chi connectivity index (χ1v) is 4.36. The van der Waals surface area contributed by atoms with Gasteiger partial charge in [0.05, 0.1) is 0 Å². The minimum Gasteiger partial charge on any atom is -0.480 e. The van der Waals surface area contributed by atoms with E-state index in [4.69, 9.17) is 22.8 Å². The van der Waals surface area contributed by atoms with Crippen LogP contribution in [0.1, 0.15) is 11.1 Å². The Balaban J connectivity index is 3.00. The monoisotopic (exact) mass is 194 g/mol. The molecule has 0 aliphatic rings. The zero-order valence-electron chi connectivity index (χ0n) is 7.73. The molecule has 68 valence electrons. The third-order valence-electron chi connectivity index (χ3n) is 1.72. The number of halogens is 1. The predicted octanol–water partition coefficient (Wildman–Crippen LogP) is 2.97. The van der Waals surface area contributed by atoms with Gasteiger partial charge in [0.15, 0.2) is 0 Å². The predicted molar refractivity (Wildman–Crippen MR) is 55.3 cm³/mol. The number of ether oxygens (including phenoxy) is 1. The van der Waals surface area contributed by atoms with E-state index >= 15 is 0 Å². The summed E-state index contributed by atoms with van der Waals surface area (Å²) in [4.78, 5) is 0. The van der Waals surface area contributed by atoms with Crippen molar-refractivity contribution in [3.05, 3.63) is 28.3 Å². The van der Waals surface area contributed by atoms with E-state index in [0.717, 1.165) is 21.9 Å². The third-order valence-corrected chi connectivity index (χ3v) is 1.94. The van der Waals surface area contributed by atoms with Gasteiger partial charge in [0, 0.05) is 5.02 Å². The van der Waals surface area contributed by atoms with E-state index in [-0.39, 0.29) is 0 Å². The first-order valence-electron chi connectivity index (χ1n) is 3.98. The van der Waals surface area contributed by atoms with Crippen molar-refractivity contribution >= 4 is 11.6 Å². The Hall–Kier alpha value is -1.13. The Bertz CT molecular complexity index is 327. The van der Waals surface area contributed by atoms with Crippen molar-refractivity contribution in [2.75, 3.05) is 6.61 Å². The van der Waals surface area contributed by atoms with E-state index in [1.807, 2.05) is 26.0 Å². The average molecular weight is 195 g/mol. The van der Waals surface area contributed by atoms with Crippen LogP contribution in [-0.2, 0) is 0 Å². The van der Waals surface area contributed by atoms with Crippen molar-refractivity contribution in [3.8, 4) is 18.1 Å². The number of aryl methyl sites for hydroxylation is 2. The fourth-order valence-electron chi connectivity index (χ4n) is 1.24. The first kappa shape index (κ1) is 9.95. The Morgan fingerprint density at radius 3 is 2.38 bits per heavy atom. The minimum atomic E-state index is 0.295. The highest BCUT2D eigenvalue weighted by molar-refractivity contribution is 6.30. The highest BCUT2D eigenvalue weighted by Crippen LogP contribution is 2.26. The zero-order chi connectivity index (χ0) is 9.84. The largest absolute Gasteiger partial charge is 0.480 e. The van der Waals surface area contributed by atoms with Crippen LogP contribution in [0, 0.1) is 26.2 Å². The SMILES string of the molecule is C#CCOc1c(C)cc(Cl)cc1C. The van der Waals surface area contributed by atoms with Gasteiger partial charge >= 0.3 is 0 Å². The van der Waals surface area contributed by atoms with E-state index in [1.54, 1.807) is 0 Å². The maximum absolute atomic E-state index is 5.86. The van der Waals surface area contributed by atoms with Crippen molar-refractivity contribution in [1.29, 1.82) is 0 Å². The first-order chi connectivity index (χ1) is 6.15. The van der Waals surface area contributed by atoms with Crippen LogP contribution in [0.25, 0.3) is 0 Å². The standard InChI is InChI=1S/C11H11ClO/c1-4-5-13-11-8(2)6-10(12)7-9(11)3/h1,6-7H,5H2,2-3H3. The molecule has 0 saturated carbocycles. The normalized spacial score (nSPS) is 9.38. The molecule has 0 radical (unpaired) electrons. The molecule has 1 aromatic carbocycles. The van der Waals surface area contributed by atoms with Gasteiger partial charge in [-0.3, -0.25) is 0 Å². The molecule has 0 unspecified atom stereocenters. The van der Waals surface area contributed by atoms with Gasteiger partial charge in [0.1, 0.15) is 12.4 Å². The van der Waals surface area contributed by atoms with Gasteiger partial charge in [-0.2, -0.15) is 0 Å². The van der Waals surface area contributed by atoms with Crippen LogP contribution in [0.2, 0.25) is 5.02 Å². The van der Waals surface area contributed by atoms with E-state index in [0.29, 0.717) is 6.61 Å². The van der Waals surface area contributed by atoms with Crippen LogP contribution >= 0.6 is 11.6 Å². The van der Waals surface area contributed by atoms with Crippen LogP contribution in [0.5, 0.6) is 5.75 Å². The van der Waals surface area contributed by atoms with Crippen LogP contribution in [0.4, 0.5) is 0 Å². The molecule has 1 nitrogen and oxygen atoms in total. The maximum Gasteiger partial charge on any atom is 0.148 e. The summed E-state index contributed by atoms with van der Waals surface area (Å²) in [6.45, 7) is 4.19. The molecule has 0 heterocycles. The molecule has 0 bridgehead atoms. The van der Waals surface area contributed by atoms with Crippen molar-refractivity contribution in [1.82, 2.24) is 0 Å². The molecule has 0 aromatic heterocycles. The van der Waals surface area contributed by atoms with Crippen molar-refractivity contribution < 1.29 is 4.74 Å². The van der Waals surface area contributed by atoms with E-state index < -0.39 is 0 Å². The number of hydrogen-bond acceptors (Lipinski definition) is 1. The van der Waals surface area contributed by atoms with Crippen LogP contribution < -0.4 is 4.74 Å². The molecule has 0 atom stereocenters. The van der Waals surface area contributed by atoms with Gasteiger partial charge in [-0.05, 0) is 37.1 Å². The molecule has 0 fully saturated rings. The summed E-state index contributed by atoms with van der Waals surface area (Å²) in [6.07, 6.45) is 5.11. The molecule has 13 heavy (non-hydrogen) atoms. The van der Waals surface area contributed by atoms with Gasteiger partial charge in [0.25, 0.3) is 0 Å². The lowest BCUT2D eigenvalue weighted by molar-refractivity contribution is 0.365. The van der Waals surface area contributed by atoms with Gasteiger partial charge in [-0.15, -0.1) is 6.42 Å². The highest BCUT2D eigenvalue weighted by atomic mass is 35.5. The molecule has 0 saturated heterocycles. The molecular formula is C11H11ClO. The topological polar surface area (TPSA) is 9.23 Å². The number of hydrogen-bond donors (Lipinski definition) is 0. The summed E-state index contributed by atoms with van der Waals surface area (Å²) in [7, 11) is 0. The van der Waals surface area contributed by atoms with Crippen LogP contribution in [0.3, 0.4) is 0 Å². The van der Waals surface area contributed by atoms with E-state index in [2.05, 4.69) is 5.92 Å². The molecule has 0 amide bonds. The second-order valence-electron chi connectivity index (χ2n) is 2.86. The number of rotatable bonds is 2. The van der Waals surface area contributed by atoms with Gasteiger partial charge in [-0.1, -0.05) is 17.5 Å². The quantitative estimate of drug-likeness (QED) is 0.658. The highest BCUT2D eigenvalue weighted by Gasteiger charge is 2.04. The van der Waals surface area contributed by atoms with Gasteiger partial charge in [0.2, 0.25) is 0 Å². The lowest BCUT2D eigenvalue weighted by atomic mass is 10.1. The molecule has 0 N–H and O–H groups in total. The Morgan fingerprint density at radius 1 is 1.38 bits per heavy atom. The second-order valence-corrected chi connectivity index (χ2v) is 3.30. The molecule has 1 aromatic rings. The summed E-state index contributed by atoms with van der Waals surface area (Å²) < 4.78 is 5.38. The molecular weight excluding hydrogens is 184 g/mol. The maximum atomic E-state index is 5.86.